The minimum Gasteiger partial charge on any atom is -0.481 e. The number of aliphatic carboxylic acids is 1. The van der Waals surface area contributed by atoms with E-state index in [4.69, 9.17) is 5.11 Å². The average molecular weight is 221 g/mol. The van der Waals surface area contributed by atoms with Crippen LogP contribution in [0.3, 0.4) is 0 Å². The van der Waals surface area contributed by atoms with E-state index < -0.39 is 11.9 Å². The molecule has 1 unspecified atom stereocenters. The van der Waals surface area contributed by atoms with Gasteiger partial charge in [0.2, 0.25) is 5.91 Å². The number of carboxylic acid groups (broad SMARTS) is 1. The molecule has 0 aromatic heterocycles. The maximum absolute atomic E-state index is 11.4. The fourth-order valence-corrected chi connectivity index (χ4v) is 1.38. The fourth-order valence-electron chi connectivity index (χ4n) is 1.38. The normalized spacial score (nSPS) is 11.9. The second-order valence-electron chi connectivity index (χ2n) is 3.70. The molecule has 0 fully saturated rings. The summed E-state index contributed by atoms with van der Waals surface area (Å²) in [6.07, 6.45) is 0. The Balaban J connectivity index is 2.85. The monoisotopic (exact) mass is 221 g/mol. The molecule has 0 saturated carbocycles. The third-order valence-corrected chi connectivity index (χ3v) is 2.33. The molecule has 86 valence electrons. The van der Waals surface area contributed by atoms with Gasteiger partial charge < -0.3 is 10.0 Å². The number of anilines is 1. The van der Waals surface area contributed by atoms with Gasteiger partial charge in [0.1, 0.15) is 0 Å². The van der Waals surface area contributed by atoms with Crippen LogP contribution < -0.4 is 4.90 Å². The van der Waals surface area contributed by atoms with Gasteiger partial charge in [-0.25, -0.2) is 0 Å². The highest BCUT2D eigenvalue weighted by Crippen LogP contribution is 2.15. The number of benzene rings is 1. The molecule has 0 aliphatic rings. The van der Waals surface area contributed by atoms with Crippen molar-refractivity contribution in [3.63, 3.8) is 0 Å². The number of rotatable bonds is 4. The molecule has 1 amide bonds. The SMILES string of the molecule is CC(=O)N(CC(C)C(=O)O)c1ccccc1. The number of carbonyl (C=O) groups excluding carboxylic acids is 1. The summed E-state index contributed by atoms with van der Waals surface area (Å²) in [6, 6.07) is 9.06. The zero-order valence-corrected chi connectivity index (χ0v) is 9.38. The largest absolute Gasteiger partial charge is 0.481 e. The molecular formula is C12H15NO3. The van der Waals surface area contributed by atoms with Crippen LogP contribution in [0.25, 0.3) is 0 Å². The molecule has 1 rings (SSSR count). The standard InChI is InChI=1S/C12H15NO3/c1-9(12(15)16)8-13(10(2)14)11-6-4-3-5-7-11/h3-7,9H,8H2,1-2H3,(H,15,16). The smallest absolute Gasteiger partial charge is 0.308 e. The highest BCUT2D eigenvalue weighted by molar-refractivity contribution is 5.92. The van der Waals surface area contributed by atoms with Gasteiger partial charge in [-0.3, -0.25) is 9.59 Å². The molecular weight excluding hydrogens is 206 g/mol. The number of amides is 1. The third-order valence-electron chi connectivity index (χ3n) is 2.33. The van der Waals surface area contributed by atoms with Crippen molar-refractivity contribution in [3.05, 3.63) is 30.3 Å². The zero-order chi connectivity index (χ0) is 12.1. The van der Waals surface area contributed by atoms with Crippen LogP contribution in [0.1, 0.15) is 13.8 Å². The highest BCUT2D eigenvalue weighted by atomic mass is 16.4. The van der Waals surface area contributed by atoms with Crippen LogP contribution in [0, 0.1) is 5.92 Å². The Morgan fingerprint density at radius 1 is 1.31 bits per heavy atom. The topological polar surface area (TPSA) is 57.6 Å². The second kappa shape index (κ2) is 5.30. The lowest BCUT2D eigenvalue weighted by molar-refractivity contribution is -0.140. The molecule has 16 heavy (non-hydrogen) atoms. The van der Waals surface area contributed by atoms with E-state index in [-0.39, 0.29) is 12.5 Å². The van der Waals surface area contributed by atoms with Gasteiger partial charge in [-0.15, -0.1) is 0 Å². The zero-order valence-electron chi connectivity index (χ0n) is 9.38. The Morgan fingerprint density at radius 2 is 1.88 bits per heavy atom. The minimum atomic E-state index is -0.901. The molecule has 0 saturated heterocycles. The molecule has 1 aromatic rings. The van der Waals surface area contributed by atoms with Crippen molar-refractivity contribution in [1.82, 2.24) is 0 Å². The first kappa shape index (κ1) is 12.2. The molecule has 0 spiro atoms. The van der Waals surface area contributed by atoms with Crippen LogP contribution in [-0.4, -0.2) is 23.5 Å². The van der Waals surface area contributed by atoms with Gasteiger partial charge in [0.05, 0.1) is 5.92 Å². The Bertz CT molecular complexity index is 375. The lowest BCUT2D eigenvalue weighted by Crippen LogP contribution is -2.35. The van der Waals surface area contributed by atoms with E-state index in [0.717, 1.165) is 5.69 Å². The van der Waals surface area contributed by atoms with E-state index in [2.05, 4.69) is 0 Å². The molecule has 0 bridgehead atoms. The fraction of sp³-hybridized carbons (Fsp3) is 0.333. The van der Waals surface area contributed by atoms with Gasteiger partial charge >= 0.3 is 5.97 Å². The molecule has 1 aromatic carbocycles. The first-order valence-corrected chi connectivity index (χ1v) is 5.08. The summed E-state index contributed by atoms with van der Waals surface area (Å²) in [5.74, 6) is -1.63. The van der Waals surface area contributed by atoms with Gasteiger partial charge in [0, 0.05) is 19.2 Å². The molecule has 1 N–H and O–H groups in total. The van der Waals surface area contributed by atoms with E-state index >= 15 is 0 Å². The minimum absolute atomic E-state index is 0.153. The Labute approximate surface area is 94.5 Å². The summed E-state index contributed by atoms with van der Waals surface area (Å²) in [5.41, 5.74) is 0.725. The average Bonchev–Trinajstić information content (AvgIpc) is 2.26. The summed E-state index contributed by atoms with van der Waals surface area (Å²) < 4.78 is 0. The van der Waals surface area contributed by atoms with Crippen LogP contribution in [0.5, 0.6) is 0 Å². The first-order chi connectivity index (χ1) is 7.52. The molecule has 0 aliphatic carbocycles. The number of para-hydroxylation sites is 1. The van der Waals surface area contributed by atoms with Crippen LogP contribution in [0.4, 0.5) is 5.69 Å². The van der Waals surface area contributed by atoms with E-state index in [9.17, 15) is 9.59 Å². The Kier molecular flexibility index (Phi) is 4.05. The molecule has 0 heterocycles. The third kappa shape index (κ3) is 3.08. The highest BCUT2D eigenvalue weighted by Gasteiger charge is 2.19. The molecule has 4 heteroatoms. The first-order valence-electron chi connectivity index (χ1n) is 5.08. The van der Waals surface area contributed by atoms with Crippen molar-refractivity contribution >= 4 is 17.6 Å². The van der Waals surface area contributed by atoms with Gasteiger partial charge in [-0.05, 0) is 12.1 Å². The lowest BCUT2D eigenvalue weighted by Gasteiger charge is -2.23. The van der Waals surface area contributed by atoms with Crippen LogP contribution in [0.15, 0.2) is 30.3 Å². The maximum Gasteiger partial charge on any atom is 0.308 e. The summed E-state index contributed by atoms with van der Waals surface area (Å²) in [4.78, 5) is 23.7. The number of carboxylic acids is 1. The Morgan fingerprint density at radius 3 is 2.31 bits per heavy atom. The van der Waals surface area contributed by atoms with Crippen molar-refractivity contribution in [2.45, 2.75) is 13.8 Å². The predicted molar refractivity (Wildman–Crippen MR) is 61.3 cm³/mol. The summed E-state index contributed by atoms with van der Waals surface area (Å²) in [6.45, 7) is 3.21. The number of hydrogen-bond acceptors (Lipinski definition) is 2. The molecule has 0 aliphatic heterocycles. The van der Waals surface area contributed by atoms with Gasteiger partial charge in [0.15, 0.2) is 0 Å². The van der Waals surface area contributed by atoms with Crippen molar-refractivity contribution in [2.75, 3.05) is 11.4 Å². The van der Waals surface area contributed by atoms with Crippen LogP contribution in [-0.2, 0) is 9.59 Å². The maximum atomic E-state index is 11.4. The number of carbonyl (C=O) groups is 2. The number of nitrogens with zero attached hydrogens (tertiary/aromatic N) is 1. The number of hydrogen-bond donors (Lipinski definition) is 1. The second-order valence-corrected chi connectivity index (χ2v) is 3.70. The van der Waals surface area contributed by atoms with Gasteiger partial charge in [0.25, 0.3) is 0 Å². The van der Waals surface area contributed by atoms with E-state index in [1.165, 1.54) is 11.8 Å². The molecule has 0 radical (unpaired) electrons. The van der Waals surface area contributed by atoms with Gasteiger partial charge in [-0.1, -0.05) is 25.1 Å². The Hall–Kier alpha value is -1.84. The van der Waals surface area contributed by atoms with Crippen molar-refractivity contribution in [2.24, 2.45) is 5.92 Å². The van der Waals surface area contributed by atoms with Gasteiger partial charge in [-0.2, -0.15) is 0 Å². The lowest BCUT2D eigenvalue weighted by atomic mass is 10.1. The quantitative estimate of drug-likeness (QED) is 0.842. The predicted octanol–water partition coefficient (Wildman–Crippen LogP) is 1.76. The van der Waals surface area contributed by atoms with E-state index in [1.54, 1.807) is 19.1 Å². The van der Waals surface area contributed by atoms with Crippen molar-refractivity contribution in [3.8, 4) is 0 Å². The summed E-state index contributed by atoms with van der Waals surface area (Å²) in [5, 5.41) is 8.82. The summed E-state index contributed by atoms with van der Waals surface area (Å²) in [7, 11) is 0. The molecule has 1 atom stereocenters. The van der Waals surface area contributed by atoms with E-state index in [0.29, 0.717) is 0 Å². The van der Waals surface area contributed by atoms with Crippen LogP contribution in [0.2, 0.25) is 0 Å². The van der Waals surface area contributed by atoms with Crippen molar-refractivity contribution < 1.29 is 14.7 Å². The van der Waals surface area contributed by atoms with E-state index in [1.807, 2.05) is 18.2 Å². The van der Waals surface area contributed by atoms with Crippen LogP contribution >= 0.6 is 0 Å². The summed E-state index contributed by atoms with van der Waals surface area (Å²) >= 11 is 0. The van der Waals surface area contributed by atoms with Crippen molar-refractivity contribution in [1.29, 1.82) is 0 Å². The molecule has 4 nitrogen and oxygen atoms in total.